The summed E-state index contributed by atoms with van der Waals surface area (Å²) < 4.78 is 6.01. The van der Waals surface area contributed by atoms with Gasteiger partial charge in [-0.25, -0.2) is 0 Å². The first-order valence-electron chi connectivity index (χ1n) is 7.58. The maximum Gasteiger partial charge on any atom is 0.312 e. The molecule has 1 aliphatic carbocycles. The van der Waals surface area contributed by atoms with Crippen LogP contribution in [0.4, 0.5) is 0 Å². The molecule has 0 aliphatic heterocycles. The summed E-state index contributed by atoms with van der Waals surface area (Å²) in [5, 5.41) is 20.0. The third-order valence-corrected chi connectivity index (χ3v) is 9.72. The molecule has 0 radical (unpaired) electrons. The van der Waals surface area contributed by atoms with Crippen molar-refractivity contribution in [2.45, 2.75) is 77.1 Å². The van der Waals surface area contributed by atoms with Crippen molar-refractivity contribution < 1.29 is 19.4 Å². The van der Waals surface area contributed by atoms with E-state index in [1.165, 1.54) is 0 Å². The first kappa shape index (κ1) is 17.7. The van der Waals surface area contributed by atoms with Gasteiger partial charge in [0.05, 0.1) is 18.1 Å². The molecule has 20 heavy (non-hydrogen) atoms. The van der Waals surface area contributed by atoms with Gasteiger partial charge in [-0.2, -0.15) is 0 Å². The summed E-state index contributed by atoms with van der Waals surface area (Å²) in [6, 6.07) is 0. The average molecular weight is 302 g/mol. The fraction of sp³-hybridized carbons (Fsp3) is 0.933. The minimum atomic E-state index is -1.95. The molecule has 0 heterocycles. The molecule has 1 rings (SSSR count). The van der Waals surface area contributed by atoms with E-state index in [1.807, 2.05) is 0 Å². The lowest BCUT2D eigenvalue weighted by atomic mass is 9.70. The van der Waals surface area contributed by atoms with E-state index in [9.17, 15) is 15.0 Å². The lowest BCUT2D eigenvalue weighted by Gasteiger charge is -2.41. The molecular formula is C15H30O4Si. The molecule has 1 atom stereocenters. The van der Waals surface area contributed by atoms with Crippen LogP contribution in [0.25, 0.3) is 0 Å². The molecule has 0 bridgehead atoms. The number of carboxylic acid groups (broad SMARTS) is 1. The summed E-state index contributed by atoms with van der Waals surface area (Å²) in [6.45, 7) is 10.8. The predicted molar refractivity (Wildman–Crippen MR) is 82.3 cm³/mol. The summed E-state index contributed by atoms with van der Waals surface area (Å²) in [7, 11) is -1.95. The van der Waals surface area contributed by atoms with Gasteiger partial charge in [0.15, 0.2) is 8.32 Å². The van der Waals surface area contributed by atoms with Crippen molar-refractivity contribution >= 4 is 14.3 Å². The van der Waals surface area contributed by atoms with E-state index in [2.05, 4.69) is 33.9 Å². The molecule has 0 aromatic carbocycles. The Morgan fingerprint density at radius 1 is 1.25 bits per heavy atom. The van der Waals surface area contributed by atoms with Crippen LogP contribution in [0, 0.1) is 5.41 Å². The van der Waals surface area contributed by atoms with Gasteiger partial charge in [-0.3, -0.25) is 4.79 Å². The zero-order valence-electron chi connectivity index (χ0n) is 13.5. The van der Waals surface area contributed by atoms with E-state index in [1.54, 1.807) is 0 Å². The third-order valence-electron chi connectivity index (χ3n) is 5.22. The highest BCUT2D eigenvalue weighted by atomic mass is 28.4. The zero-order valence-corrected chi connectivity index (χ0v) is 14.5. The molecule has 0 aromatic heterocycles. The van der Waals surface area contributed by atoms with Crippen LogP contribution in [0.2, 0.25) is 18.1 Å². The van der Waals surface area contributed by atoms with Crippen LogP contribution in [0.5, 0.6) is 0 Å². The SMILES string of the molecule is CC(C)(C)[Si](C)(C)OCC(O)C1(C(=O)O)CCCCC1. The molecule has 0 spiro atoms. The number of aliphatic hydroxyl groups is 1. The van der Waals surface area contributed by atoms with Gasteiger partial charge in [0.1, 0.15) is 0 Å². The van der Waals surface area contributed by atoms with Gasteiger partial charge < -0.3 is 14.6 Å². The fourth-order valence-electron chi connectivity index (χ4n) is 2.54. The quantitative estimate of drug-likeness (QED) is 0.764. The van der Waals surface area contributed by atoms with Crippen LogP contribution < -0.4 is 0 Å². The van der Waals surface area contributed by atoms with Gasteiger partial charge in [-0.1, -0.05) is 40.0 Å². The Kier molecular flexibility index (Phi) is 5.44. The summed E-state index contributed by atoms with van der Waals surface area (Å²) in [5.74, 6) is -0.872. The first-order chi connectivity index (χ1) is 9.03. The lowest BCUT2D eigenvalue weighted by molar-refractivity contribution is -0.162. The Balaban J connectivity index is 2.73. The van der Waals surface area contributed by atoms with E-state index in [0.29, 0.717) is 12.8 Å². The molecule has 2 N–H and O–H groups in total. The van der Waals surface area contributed by atoms with E-state index in [4.69, 9.17) is 4.43 Å². The maximum atomic E-state index is 11.6. The normalized spacial score (nSPS) is 21.5. The number of hydrogen-bond donors (Lipinski definition) is 2. The Morgan fingerprint density at radius 3 is 2.15 bits per heavy atom. The Bertz CT molecular complexity index is 340. The van der Waals surface area contributed by atoms with Gasteiger partial charge in [0.25, 0.3) is 0 Å². The summed E-state index contributed by atoms with van der Waals surface area (Å²) in [4.78, 5) is 11.6. The van der Waals surface area contributed by atoms with Crippen LogP contribution in [0.15, 0.2) is 0 Å². The first-order valence-corrected chi connectivity index (χ1v) is 10.5. The zero-order chi connectivity index (χ0) is 15.6. The van der Waals surface area contributed by atoms with Gasteiger partial charge in [-0.05, 0) is 31.0 Å². The summed E-state index contributed by atoms with van der Waals surface area (Å²) >= 11 is 0. The van der Waals surface area contributed by atoms with Crippen LogP contribution in [-0.2, 0) is 9.22 Å². The molecule has 0 amide bonds. The largest absolute Gasteiger partial charge is 0.481 e. The average Bonchev–Trinajstić information content (AvgIpc) is 2.35. The Morgan fingerprint density at radius 2 is 1.75 bits per heavy atom. The van der Waals surface area contributed by atoms with Gasteiger partial charge >= 0.3 is 5.97 Å². The van der Waals surface area contributed by atoms with Gasteiger partial charge in [-0.15, -0.1) is 0 Å². The molecule has 0 aromatic rings. The topological polar surface area (TPSA) is 66.8 Å². The molecule has 1 fully saturated rings. The molecule has 1 unspecified atom stereocenters. The molecule has 0 saturated heterocycles. The highest BCUT2D eigenvalue weighted by Crippen LogP contribution is 2.41. The number of aliphatic hydroxyl groups excluding tert-OH is 1. The van der Waals surface area contributed by atoms with E-state index in [-0.39, 0.29) is 11.6 Å². The van der Waals surface area contributed by atoms with Crippen molar-refractivity contribution in [3.05, 3.63) is 0 Å². The predicted octanol–water partition coefficient (Wildman–Crippen LogP) is 3.40. The van der Waals surface area contributed by atoms with Crippen molar-refractivity contribution in [1.82, 2.24) is 0 Å². The van der Waals surface area contributed by atoms with Crippen LogP contribution in [-0.4, -0.2) is 37.2 Å². The number of hydrogen-bond acceptors (Lipinski definition) is 3. The van der Waals surface area contributed by atoms with Crippen molar-refractivity contribution in [3.63, 3.8) is 0 Å². The highest BCUT2D eigenvalue weighted by Gasteiger charge is 2.47. The molecule has 118 valence electrons. The lowest BCUT2D eigenvalue weighted by Crippen LogP contribution is -2.49. The smallest absolute Gasteiger partial charge is 0.312 e. The second-order valence-electron chi connectivity index (χ2n) is 7.61. The number of carbonyl (C=O) groups is 1. The third kappa shape index (κ3) is 3.62. The van der Waals surface area contributed by atoms with Crippen molar-refractivity contribution in [2.24, 2.45) is 5.41 Å². The van der Waals surface area contributed by atoms with Crippen LogP contribution in [0.3, 0.4) is 0 Å². The number of carboxylic acids is 1. The van der Waals surface area contributed by atoms with Crippen molar-refractivity contribution in [3.8, 4) is 0 Å². The molecule has 1 aliphatic rings. The van der Waals surface area contributed by atoms with Crippen molar-refractivity contribution in [2.75, 3.05) is 6.61 Å². The Hall–Kier alpha value is -0.393. The van der Waals surface area contributed by atoms with Gasteiger partial charge in [0.2, 0.25) is 0 Å². The monoisotopic (exact) mass is 302 g/mol. The minimum Gasteiger partial charge on any atom is -0.481 e. The van der Waals surface area contributed by atoms with E-state index >= 15 is 0 Å². The minimum absolute atomic E-state index is 0.0652. The van der Waals surface area contributed by atoms with Gasteiger partial charge in [0, 0.05) is 0 Å². The van der Waals surface area contributed by atoms with Crippen LogP contribution in [0.1, 0.15) is 52.9 Å². The van der Waals surface area contributed by atoms with E-state index < -0.39 is 25.8 Å². The number of aliphatic carboxylic acids is 1. The van der Waals surface area contributed by atoms with Crippen molar-refractivity contribution in [1.29, 1.82) is 0 Å². The maximum absolute atomic E-state index is 11.6. The molecule has 5 heteroatoms. The second-order valence-corrected chi connectivity index (χ2v) is 12.4. The summed E-state index contributed by atoms with van der Waals surface area (Å²) in [5.41, 5.74) is -0.999. The fourth-order valence-corrected chi connectivity index (χ4v) is 3.54. The summed E-state index contributed by atoms with van der Waals surface area (Å²) in [6.07, 6.45) is 3.03. The van der Waals surface area contributed by atoms with Crippen LogP contribution >= 0.6 is 0 Å². The molecular weight excluding hydrogens is 272 g/mol. The van der Waals surface area contributed by atoms with E-state index in [0.717, 1.165) is 19.3 Å². The standard InChI is InChI=1S/C15H30O4Si/c1-14(2,3)20(4,5)19-11-12(16)15(13(17)18)9-7-6-8-10-15/h12,16H,6-11H2,1-5H3,(H,17,18). The Labute approximate surface area is 123 Å². The molecule has 1 saturated carbocycles. The number of rotatable bonds is 5. The molecule has 4 nitrogen and oxygen atoms in total. The highest BCUT2D eigenvalue weighted by molar-refractivity contribution is 6.74. The second kappa shape index (κ2) is 6.16.